The molecule has 3 rings (SSSR count). The van der Waals surface area contributed by atoms with Crippen LogP contribution < -0.4 is 10.1 Å². The molecular formula is C14H15ClN6O. The molecular weight excluding hydrogens is 304 g/mol. The zero-order valence-corrected chi connectivity index (χ0v) is 13.2. The summed E-state index contributed by atoms with van der Waals surface area (Å²) < 4.78 is 6.74. The van der Waals surface area contributed by atoms with E-state index in [9.17, 15) is 0 Å². The number of aromatic nitrogens is 5. The first-order valence-corrected chi connectivity index (χ1v) is 7.15. The molecule has 0 bridgehead atoms. The van der Waals surface area contributed by atoms with Crippen molar-refractivity contribution in [1.29, 1.82) is 0 Å². The molecule has 0 unspecified atom stereocenters. The van der Waals surface area contributed by atoms with Crippen LogP contribution in [0.2, 0.25) is 5.15 Å². The van der Waals surface area contributed by atoms with Crippen LogP contribution >= 0.6 is 11.6 Å². The number of hydrogen-bond acceptors (Lipinski definition) is 6. The Labute approximate surface area is 132 Å². The van der Waals surface area contributed by atoms with E-state index < -0.39 is 0 Å². The normalized spacial score (nSPS) is 11.1. The lowest BCUT2D eigenvalue weighted by molar-refractivity contribution is 0.413. The average Bonchev–Trinajstić information content (AvgIpc) is 2.92. The summed E-state index contributed by atoms with van der Waals surface area (Å²) in [6, 6.07) is 5.32. The molecule has 0 saturated heterocycles. The maximum atomic E-state index is 6.10. The van der Waals surface area contributed by atoms with Crippen molar-refractivity contribution in [3.63, 3.8) is 0 Å². The van der Waals surface area contributed by atoms with E-state index in [0.29, 0.717) is 28.1 Å². The molecule has 1 N–H and O–H groups in total. The molecule has 0 saturated carbocycles. The van der Waals surface area contributed by atoms with E-state index in [1.165, 1.54) is 0 Å². The number of pyridine rings is 1. The number of nitrogens with one attached hydrogen (secondary N) is 1. The van der Waals surface area contributed by atoms with Crippen molar-refractivity contribution in [2.45, 2.75) is 19.8 Å². The van der Waals surface area contributed by atoms with Gasteiger partial charge in [0.1, 0.15) is 11.6 Å². The Kier molecular flexibility index (Phi) is 3.81. The minimum absolute atomic E-state index is 0.188. The van der Waals surface area contributed by atoms with E-state index in [-0.39, 0.29) is 5.92 Å². The lowest BCUT2D eigenvalue weighted by atomic mass is 10.2. The van der Waals surface area contributed by atoms with Gasteiger partial charge in [-0.05, 0) is 12.1 Å². The van der Waals surface area contributed by atoms with Crippen molar-refractivity contribution < 1.29 is 4.74 Å². The van der Waals surface area contributed by atoms with Crippen LogP contribution in [0.5, 0.6) is 5.75 Å². The lowest BCUT2D eigenvalue weighted by Crippen LogP contribution is -2.03. The highest BCUT2D eigenvalue weighted by atomic mass is 35.5. The maximum absolute atomic E-state index is 6.10. The standard InChI is InChI=1S/C14H15ClN6O/c1-8(2)13-18-19-14-10(6-11(15)20-21(13)14)17-12-5-4-9(22-3)7-16-12/h4-8H,1-3H3,(H,16,17). The van der Waals surface area contributed by atoms with Gasteiger partial charge in [0.25, 0.3) is 0 Å². The Hall–Kier alpha value is -2.41. The number of fused-ring (bicyclic) bond motifs is 1. The maximum Gasteiger partial charge on any atom is 0.201 e. The van der Waals surface area contributed by atoms with Crippen molar-refractivity contribution in [2.75, 3.05) is 12.4 Å². The van der Waals surface area contributed by atoms with Crippen LogP contribution in [0.25, 0.3) is 5.65 Å². The molecule has 0 aliphatic rings. The first-order chi connectivity index (χ1) is 10.6. The van der Waals surface area contributed by atoms with Crippen LogP contribution in [0.4, 0.5) is 11.5 Å². The topological polar surface area (TPSA) is 77.2 Å². The molecule has 0 spiro atoms. The zero-order chi connectivity index (χ0) is 15.7. The third-order valence-corrected chi connectivity index (χ3v) is 3.30. The van der Waals surface area contributed by atoms with E-state index in [1.807, 2.05) is 26.0 Å². The van der Waals surface area contributed by atoms with Crippen LogP contribution in [0, 0.1) is 0 Å². The molecule has 0 aliphatic heterocycles. The first-order valence-electron chi connectivity index (χ1n) is 6.77. The summed E-state index contributed by atoms with van der Waals surface area (Å²) in [5.74, 6) is 2.28. The summed E-state index contributed by atoms with van der Waals surface area (Å²) in [6.45, 7) is 4.05. The smallest absolute Gasteiger partial charge is 0.201 e. The Morgan fingerprint density at radius 1 is 1.27 bits per heavy atom. The molecule has 0 aromatic carbocycles. The Morgan fingerprint density at radius 3 is 2.73 bits per heavy atom. The number of anilines is 2. The number of halogens is 1. The van der Waals surface area contributed by atoms with Gasteiger partial charge in [-0.2, -0.15) is 9.61 Å². The zero-order valence-electron chi connectivity index (χ0n) is 12.4. The third kappa shape index (κ3) is 2.67. The summed E-state index contributed by atoms with van der Waals surface area (Å²) in [4.78, 5) is 4.27. The van der Waals surface area contributed by atoms with Gasteiger partial charge >= 0.3 is 0 Å². The van der Waals surface area contributed by atoms with Gasteiger partial charge < -0.3 is 10.1 Å². The Morgan fingerprint density at radius 2 is 2.09 bits per heavy atom. The highest BCUT2D eigenvalue weighted by molar-refractivity contribution is 6.29. The second-order valence-corrected chi connectivity index (χ2v) is 5.42. The van der Waals surface area contributed by atoms with Crippen molar-refractivity contribution >= 4 is 28.8 Å². The van der Waals surface area contributed by atoms with Gasteiger partial charge in [-0.15, -0.1) is 10.2 Å². The van der Waals surface area contributed by atoms with Crippen LogP contribution in [0.15, 0.2) is 24.4 Å². The molecule has 114 valence electrons. The van der Waals surface area contributed by atoms with Gasteiger partial charge in [-0.1, -0.05) is 25.4 Å². The second-order valence-electron chi connectivity index (χ2n) is 5.04. The van der Waals surface area contributed by atoms with E-state index >= 15 is 0 Å². The molecule has 3 aromatic heterocycles. The number of methoxy groups -OCH3 is 1. The molecule has 7 nitrogen and oxygen atoms in total. The first kappa shape index (κ1) is 14.5. The molecule has 0 atom stereocenters. The highest BCUT2D eigenvalue weighted by Crippen LogP contribution is 2.25. The number of rotatable bonds is 4. The van der Waals surface area contributed by atoms with Gasteiger partial charge in [-0.25, -0.2) is 4.98 Å². The summed E-state index contributed by atoms with van der Waals surface area (Å²) in [6.07, 6.45) is 1.63. The van der Waals surface area contributed by atoms with Crippen molar-refractivity contribution in [3.8, 4) is 5.75 Å². The number of hydrogen-bond donors (Lipinski definition) is 1. The fourth-order valence-electron chi connectivity index (χ4n) is 2.03. The van der Waals surface area contributed by atoms with E-state index in [0.717, 1.165) is 5.82 Å². The summed E-state index contributed by atoms with van der Waals surface area (Å²) in [5.41, 5.74) is 1.29. The van der Waals surface area contributed by atoms with Gasteiger partial charge in [0.2, 0.25) is 5.65 Å². The molecule has 0 radical (unpaired) electrons. The van der Waals surface area contributed by atoms with Crippen molar-refractivity contribution in [1.82, 2.24) is 24.8 Å². The van der Waals surface area contributed by atoms with Crippen LogP contribution in [0.3, 0.4) is 0 Å². The fourth-order valence-corrected chi connectivity index (χ4v) is 2.22. The van der Waals surface area contributed by atoms with Gasteiger partial charge in [0.05, 0.1) is 19.0 Å². The SMILES string of the molecule is COc1ccc(Nc2cc(Cl)nn3c(C(C)C)nnc23)nc1. The van der Waals surface area contributed by atoms with Gasteiger partial charge in [0, 0.05) is 12.0 Å². The van der Waals surface area contributed by atoms with E-state index in [4.69, 9.17) is 16.3 Å². The van der Waals surface area contributed by atoms with Gasteiger partial charge in [-0.3, -0.25) is 0 Å². The summed E-state index contributed by atoms with van der Waals surface area (Å²) in [5, 5.41) is 16.2. The Balaban J connectivity index is 2.02. The van der Waals surface area contributed by atoms with Crippen LogP contribution in [-0.2, 0) is 0 Å². The number of ether oxygens (including phenoxy) is 1. The second kappa shape index (κ2) is 5.76. The summed E-state index contributed by atoms with van der Waals surface area (Å²) in [7, 11) is 1.60. The minimum atomic E-state index is 0.188. The van der Waals surface area contributed by atoms with E-state index in [1.54, 1.807) is 23.9 Å². The van der Waals surface area contributed by atoms with Crippen molar-refractivity contribution in [2.24, 2.45) is 0 Å². The Bertz CT molecular complexity index is 799. The van der Waals surface area contributed by atoms with Gasteiger partial charge in [0.15, 0.2) is 11.0 Å². The fraction of sp³-hybridized carbons (Fsp3) is 0.286. The minimum Gasteiger partial charge on any atom is -0.495 e. The lowest BCUT2D eigenvalue weighted by Gasteiger charge is -2.08. The molecule has 0 amide bonds. The van der Waals surface area contributed by atoms with Crippen LogP contribution in [-0.4, -0.2) is 31.9 Å². The summed E-state index contributed by atoms with van der Waals surface area (Å²) >= 11 is 6.10. The molecule has 22 heavy (non-hydrogen) atoms. The molecule has 3 heterocycles. The quantitative estimate of drug-likeness (QED) is 0.796. The van der Waals surface area contributed by atoms with Crippen LogP contribution in [0.1, 0.15) is 25.6 Å². The molecule has 0 fully saturated rings. The predicted octanol–water partition coefficient (Wildman–Crippen LogP) is 3.05. The highest BCUT2D eigenvalue weighted by Gasteiger charge is 2.15. The largest absolute Gasteiger partial charge is 0.495 e. The molecule has 8 heteroatoms. The van der Waals surface area contributed by atoms with Crippen molar-refractivity contribution in [3.05, 3.63) is 35.4 Å². The predicted molar refractivity (Wildman–Crippen MR) is 84.0 cm³/mol. The monoisotopic (exact) mass is 318 g/mol. The number of nitrogens with zero attached hydrogens (tertiary/aromatic N) is 5. The molecule has 3 aromatic rings. The van der Waals surface area contributed by atoms with E-state index in [2.05, 4.69) is 25.6 Å². The molecule has 0 aliphatic carbocycles. The third-order valence-electron chi connectivity index (χ3n) is 3.12. The average molecular weight is 319 g/mol.